The molecule has 110 valence electrons. The number of hydrogen-bond acceptors (Lipinski definition) is 3. The molecule has 1 unspecified atom stereocenters. The number of oxime groups is 1. The Balaban J connectivity index is 2.78. The summed E-state index contributed by atoms with van der Waals surface area (Å²) in [5.41, 5.74) is 4.76. The van der Waals surface area contributed by atoms with Crippen LogP contribution in [-0.2, 0) is 11.3 Å². The molecular formula is C13H17F2N3O2. The Labute approximate surface area is 115 Å². The lowest BCUT2D eigenvalue weighted by molar-refractivity contribution is -0.127. The van der Waals surface area contributed by atoms with Gasteiger partial charge in [-0.05, 0) is 31.0 Å². The zero-order valence-corrected chi connectivity index (χ0v) is 11.3. The van der Waals surface area contributed by atoms with E-state index < -0.39 is 23.0 Å². The van der Waals surface area contributed by atoms with Crippen molar-refractivity contribution in [2.75, 3.05) is 0 Å². The highest BCUT2D eigenvalue weighted by molar-refractivity contribution is 6.06. The van der Waals surface area contributed by atoms with Crippen molar-refractivity contribution in [2.45, 2.75) is 26.8 Å². The molecule has 1 aromatic carbocycles. The highest BCUT2D eigenvalue weighted by atomic mass is 19.2. The average molecular weight is 285 g/mol. The number of carbonyl (C=O) groups is 1. The summed E-state index contributed by atoms with van der Waals surface area (Å²) < 4.78 is 25.8. The maximum atomic E-state index is 13.0. The summed E-state index contributed by atoms with van der Waals surface area (Å²) in [7, 11) is 0. The van der Waals surface area contributed by atoms with E-state index in [4.69, 9.17) is 10.9 Å². The molecule has 0 radical (unpaired) electrons. The number of amides is 1. The molecule has 0 bridgehead atoms. The summed E-state index contributed by atoms with van der Waals surface area (Å²) >= 11 is 0. The third-order valence-corrected chi connectivity index (χ3v) is 3.32. The van der Waals surface area contributed by atoms with Crippen LogP contribution in [0.4, 0.5) is 8.78 Å². The fourth-order valence-corrected chi connectivity index (χ4v) is 1.60. The zero-order valence-electron chi connectivity index (χ0n) is 11.3. The molecule has 0 aromatic heterocycles. The second kappa shape index (κ2) is 6.31. The van der Waals surface area contributed by atoms with Gasteiger partial charge in [0.15, 0.2) is 17.5 Å². The van der Waals surface area contributed by atoms with E-state index in [2.05, 4.69) is 10.5 Å². The minimum absolute atomic E-state index is 0.0182. The number of carbonyl (C=O) groups excluding carboxylic acids is 1. The van der Waals surface area contributed by atoms with Crippen LogP contribution < -0.4 is 11.1 Å². The molecule has 7 heteroatoms. The van der Waals surface area contributed by atoms with E-state index in [0.29, 0.717) is 12.0 Å². The second-order valence-corrected chi connectivity index (χ2v) is 4.60. The molecule has 1 amide bonds. The van der Waals surface area contributed by atoms with Gasteiger partial charge in [-0.3, -0.25) is 4.79 Å². The van der Waals surface area contributed by atoms with E-state index in [-0.39, 0.29) is 12.4 Å². The number of nitrogens with zero attached hydrogens (tertiary/aromatic N) is 1. The lowest BCUT2D eigenvalue weighted by Gasteiger charge is -2.25. The number of nitrogens with one attached hydrogen (secondary N) is 1. The molecule has 0 heterocycles. The standard InChI is InChI=1S/C13H17F2N3O2/c1-3-13(2,11(16)18-20)12(19)17-7-8-4-5-9(14)10(15)6-8/h4-6,20H,3,7H2,1-2H3,(H2,16,18)(H,17,19). The number of hydrogen-bond donors (Lipinski definition) is 3. The van der Waals surface area contributed by atoms with Gasteiger partial charge in [0, 0.05) is 6.54 Å². The van der Waals surface area contributed by atoms with Crippen LogP contribution in [0.25, 0.3) is 0 Å². The topological polar surface area (TPSA) is 87.7 Å². The third-order valence-electron chi connectivity index (χ3n) is 3.32. The average Bonchev–Trinajstić information content (AvgIpc) is 2.46. The van der Waals surface area contributed by atoms with Gasteiger partial charge in [0.05, 0.1) is 0 Å². The summed E-state index contributed by atoms with van der Waals surface area (Å²) in [5, 5.41) is 14.1. The van der Waals surface area contributed by atoms with Gasteiger partial charge in [0.1, 0.15) is 5.41 Å². The fourth-order valence-electron chi connectivity index (χ4n) is 1.60. The summed E-state index contributed by atoms with van der Waals surface area (Å²) in [6.07, 6.45) is 0.326. The van der Waals surface area contributed by atoms with E-state index in [9.17, 15) is 13.6 Å². The lowest BCUT2D eigenvalue weighted by Crippen LogP contribution is -2.47. The van der Waals surface area contributed by atoms with Gasteiger partial charge in [-0.25, -0.2) is 8.78 Å². The minimum atomic E-state index is -1.16. The molecule has 0 fully saturated rings. The number of rotatable bonds is 5. The summed E-state index contributed by atoms with van der Waals surface area (Å²) in [6.45, 7) is 3.27. The van der Waals surface area contributed by atoms with Crippen molar-refractivity contribution in [3.05, 3.63) is 35.4 Å². The Morgan fingerprint density at radius 1 is 1.45 bits per heavy atom. The smallest absolute Gasteiger partial charge is 0.233 e. The summed E-state index contributed by atoms with van der Waals surface area (Å²) in [4.78, 5) is 12.1. The molecule has 0 saturated heterocycles. The van der Waals surface area contributed by atoms with Crippen LogP contribution in [0.1, 0.15) is 25.8 Å². The Hall–Kier alpha value is -2.18. The Morgan fingerprint density at radius 3 is 2.60 bits per heavy atom. The molecule has 0 aliphatic rings. The van der Waals surface area contributed by atoms with E-state index in [0.717, 1.165) is 12.1 Å². The van der Waals surface area contributed by atoms with Crippen molar-refractivity contribution in [3.8, 4) is 0 Å². The largest absolute Gasteiger partial charge is 0.409 e. The van der Waals surface area contributed by atoms with Crippen LogP contribution in [0.3, 0.4) is 0 Å². The predicted molar refractivity (Wildman–Crippen MR) is 70.0 cm³/mol. The minimum Gasteiger partial charge on any atom is -0.409 e. The quantitative estimate of drug-likeness (QED) is 0.333. The number of amidine groups is 1. The van der Waals surface area contributed by atoms with E-state index in [1.165, 1.54) is 13.0 Å². The summed E-state index contributed by atoms with van der Waals surface area (Å²) in [5.74, 6) is -2.59. The van der Waals surface area contributed by atoms with Gasteiger partial charge in [-0.2, -0.15) is 0 Å². The van der Waals surface area contributed by atoms with Gasteiger partial charge >= 0.3 is 0 Å². The first kappa shape index (κ1) is 15.9. The van der Waals surface area contributed by atoms with Crippen LogP contribution in [0.5, 0.6) is 0 Å². The predicted octanol–water partition coefficient (Wildman–Crippen LogP) is 1.74. The van der Waals surface area contributed by atoms with Crippen molar-refractivity contribution in [3.63, 3.8) is 0 Å². The summed E-state index contributed by atoms with van der Waals surface area (Å²) in [6, 6.07) is 3.35. The molecule has 0 saturated carbocycles. The first-order valence-corrected chi connectivity index (χ1v) is 6.05. The SMILES string of the molecule is CCC(C)(C(=O)NCc1ccc(F)c(F)c1)/C(N)=N/O. The zero-order chi connectivity index (χ0) is 15.3. The van der Waals surface area contributed by atoms with E-state index >= 15 is 0 Å². The molecule has 4 N–H and O–H groups in total. The van der Waals surface area contributed by atoms with Crippen molar-refractivity contribution in [2.24, 2.45) is 16.3 Å². The second-order valence-electron chi connectivity index (χ2n) is 4.60. The van der Waals surface area contributed by atoms with Crippen LogP contribution in [0.2, 0.25) is 0 Å². The van der Waals surface area contributed by atoms with Crippen LogP contribution >= 0.6 is 0 Å². The van der Waals surface area contributed by atoms with Crippen LogP contribution in [0, 0.1) is 17.0 Å². The molecule has 5 nitrogen and oxygen atoms in total. The normalized spacial score (nSPS) is 14.7. The van der Waals surface area contributed by atoms with E-state index in [1.54, 1.807) is 6.92 Å². The Kier molecular flexibility index (Phi) is 5.01. The van der Waals surface area contributed by atoms with Crippen molar-refractivity contribution < 1.29 is 18.8 Å². The van der Waals surface area contributed by atoms with Crippen molar-refractivity contribution >= 4 is 11.7 Å². The van der Waals surface area contributed by atoms with Crippen LogP contribution in [-0.4, -0.2) is 17.0 Å². The van der Waals surface area contributed by atoms with Gasteiger partial charge in [-0.1, -0.05) is 18.1 Å². The van der Waals surface area contributed by atoms with Crippen LogP contribution in [0.15, 0.2) is 23.4 Å². The number of benzene rings is 1. The number of halogens is 2. The van der Waals surface area contributed by atoms with Gasteiger partial charge in [0.2, 0.25) is 5.91 Å². The third kappa shape index (κ3) is 3.23. The monoisotopic (exact) mass is 285 g/mol. The Bertz CT molecular complexity index is 534. The number of nitrogens with two attached hydrogens (primary N) is 1. The molecular weight excluding hydrogens is 268 g/mol. The molecule has 1 rings (SSSR count). The van der Waals surface area contributed by atoms with E-state index in [1.807, 2.05) is 0 Å². The van der Waals surface area contributed by atoms with Gasteiger partial charge < -0.3 is 16.3 Å². The fraction of sp³-hybridized carbons (Fsp3) is 0.385. The Morgan fingerprint density at radius 2 is 2.10 bits per heavy atom. The maximum absolute atomic E-state index is 13.0. The maximum Gasteiger partial charge on any atom is 0.233 e. The van der Waals surface area contributed by atoms with Gasteiger partial charge in [-0.15, -0.1) is 0 Å². The van der Waals surface area contributed by atoms with Crippen molar-refractivity contribution in [1.29, 1.82) is 0 Å². The molecule has 0 spiro atoms. The first-order chi connectivity index (χ1) is 9.35. The molecule has 1 aromatic rings. The molecule has 0 aliphatic heterocycles. The molecule has 20 heavy (non-hydrogen) atoms. The molecule has 0 aliphatic carbocycles. The first-order valence-electron chi connectivity index (χ1n) is 6.05. The van der Waals surface area contributed by atoms with Crippen molar-refractivity contribution in [1.82, 2.24) is 5.32 Å². The highest BCUT2D eigenvalue weighted by Gasteiger charge is 2.36. The highest BCUT2D eigenvalue weighted by Crippen LogP contribution is 2.21. The van der Waals surface area contributed by atoms with Gasteiger partial charge in [0.25, 0.3) is 0 Å². The molecule has 1 atom stereocenters. The lowest BCUT2D eigenvalue weighted by atomic mass is 9.85.